The third kappa shape index (κ3) is 5.57. The number of carbonyl (C=O) groups is 2. The first kappa shape index (κ1) is 24.6. The van der Waals surface area contributed by atoms with Crippen LogP contribution in [0.4, 0.5) is 0 Å². The minimum Gasteiger partial charge on any atom is -0.466 e. The van der Waals surface area contributed by atoms with Crippen molar-refractivity contribution in [2.75, 3.05) is 13.7 Å². The molecule has 184 valence electrons. The number of carbonyl (C=O) groups excluding carboxylic acids is 2. The number of hydrogen-bond donors (Lipinski definition) is 2. The van der Waals surface area contributed by atoms with Crippen LogP contribution in [-0.2, 0) is 25.5 Å². The van der Waals surface area contributed by atoms with Gasteiger partial charge in [0.05, 0.1) is 24.2 Å². The number of methoxy groups -OCH3 is 1. The van der Waals surface area contributed by atoms with Gasteiger partial charge in [0, 0.05) is 42.6 Å². The largest absolute Gasteiger partial charge is 0.466 e. The van der Waals surface area contributed by atoms with Gasteiger partial charge in [-0.15, -0.1) is 0 Å². The minimum atomic E-state index is -0.807. The van der Waals surface area contributed by atoms with Crippen molar-refractivity contribution >= 4 is 18.0 Å². The summed E-state index contributed by atoms with van der Waals surface area (Å²) >= 11 is 0. The predicted octanol–water partition coefficient (Wildman–Crippen LogP) is 3.45. The van der Waals surface area contributed by atoms with Crippen molar-refractivity contribution in [2.45, 2.75) is 26.2 Å². The van der Waals surface area contributed by atoms with Gasteiger partial charge in [0.15, 0.2) is 0 Å². The van der Waals surface area contributed by atoms with E-state index in [1.54, 1.807) is 50.8 Å². The third-order valence-electron chi connectivity index (χ3n) is 5.76. The quantitative estimate of drug-likeness (QED) is 0.466. The Morgan fingerprint density at radius 3 is 2.31 bits per heavy atom. The van der Waals surface area contributed by atoms with E-state index in [0.29, 0.717) is 17.2 Å². The Morgan fingerprint density at radius 2 is 1.67 bits per heavy atom. The molecular weight excluding hydrogens is 458 g/mol. The Balaban J connectivity index is 1.45. The zero-order valence-corrected chi connectivity index (χ0v) is 20.3. The van der Waals surface area contributed by atoms with E-state index in [1.807, 2.05) is 30.3 Å². The Bertz CT molecular complexity index is 1310. The Labute approximate surface area is 209 Å². The fourth-order valence-corrected chi connectivity index (χ4v) is 4.08. The summed E-state index contributed by atoms with van der Waals surface area (Å²) in [6.07, 6.45) is 11.0. The summed E-state index contributed by atoms with van der Waals surface area (Å²) in [7, 11) is 1.29. The molecule has 0 aliphatic carbocycles. The van der Waals surface area contributed by atoms with Gasteiger partial charge in [0.25, 0.3) is 0 Å². The molecule has 1 aliphatic rings. The normalized spacial score (nSPS) is 15.7. The molecule has 0 fully saturated rings. The second-order valence-electron chi connectivity index (χ2n) is 8.19. The van der Waals surface area contributed by atoms with Gasteiger partial charge in [-0.3, -0.25) is 0 Å². The summed E-state index contributed by atoms with van der Waals surface area (Å²) < 4.78 is 10.5. The molecule has 0 saturated carbocycles. The van der Waals surface area contributed by atoms with Crippen LogP contribution in [0.5, 0.6) is 0 Å². The van der Waals surface area contributed by atoms with Gasteiger partial charge < -0.3 is 19.8 Å². The third-order valence-corrected chi connectivity index (χ3v) is 5.76. The maximum Gasteiger partial charge on any atom is 0.337 e. The van der Waals surface area contributed by atoms with E-state index in [4.69, 9.17) is 9.47 Å². The molecule has 1 unspecified atom stereocenters. The molecule has 1 aromatic carbocycles. The average molecular weight is 486 g/mol. The number of aromatic amines is 1. The van der Waals surface area contributed by atoms with Crippen LogP contribution >= 0.6 is 0 Å². The van der Waals surface area contributed by atoms with Crippen molar-refractivity contribution in [3.8, 4) is 0 Å². The van der Waals surface area contributed by atoms with Crippen LogP contribution in [-0.4, -0.2) is 45.6 Å². The maximum absolute atomic E-state index is 13.2. The number of dihydropyridines is 1. The highest BCUT2D eigenvalue weighted by atomic mass is 16.5. The first-order valence-electron chi connectivity index (χ1n) is 11.4. The average Bonchev–Trinajstić information content (AvgIpc) is 3.40. The lowest BCUT2D eigenvalue weighted by molar-refractivity contribution is -0.138. The second kappa shape index (κ2) is 11.3. The fourth-order valence-electron chi connectivity index (χ4n) is 4.08. The Morgan fingerprint density at radius 1 is 0.972 bits per heavy atom. The molecule has 1 aliphatic heterocycles. The maximum atomic E-state index is 13.2. The highest BCUT2D eigenvalue weighted by Crippen LogP contribution is 2.37. The van der Waals surface area contributed by atoms with E-state index >= 15 is 0 Å². The number of imidazole rings is 1. The first-order valence-corrected chi connectivity index (χ1v) is 11.4. The van der Waals surface area contributed by atoms with Crippen LogP contribution in [0.3, 0.4) is 0 Å². The Hall–Kier alpha value is -4.53. The number of nitrogens with zero attached hydrogens (tertiary/aromatic N) is 3. The van der Waals surface area contributed by atoms with Crippen molar-refractivity contribution in [3.05, 3.63) is 107 Å². The van der Waals surface area contributed by atoms with E-state index in [9.17, 15) is 9.59 Å². The molecule has 0 spiro atoms. The number of aromatic nitrogens is 4. The molecule has 36 heavy (non-hydrogen) atoms. The van der Waals surface area contributed by atoms with Gasteiger partial charge >= 0.3 is 11.9 Å². The van der Waals surface area contributed by atoms with Crippen LogP contribution in [0.1, 0.15) is 42.5 Å². The summed E-state index contributed by atoms with van der Waals surface area (Å²) in [5.41, 5.74) is 3.79. The summed E-state index contributed by atoms with van der Waals surface area (Å²) in [4.78, 5) is 41.7. The van der Waals surface area contributed by atoms with Gasteiger partial charge in [-0.05, 0) is 37.1 Å². The lowest BCUT2D eigenvalue weighted by atomic mass is 9.84. The molecule has 2 N–H and O–H groups in total. The van der Waals surface area contributed by atoms with Crippen molar-refractivity contribution in [3.63, 3.8) is 0 Å². The molecule has 0 saturated heterocycles. The van der Waals surface area contributed by atoms with Crippen LogP contribution in [0.2, 0.25) is 0 Å². The second-order valence-corrected chi connectivity index (χ2v) is 8.19. The number of esters is 2. The summed E-state index contributed by atoms with van der Waals surface area (Å²) in [6, 6.07) is 9.72. The van der Waals surface area contributed by atoms with E-state index in [1.165, 1.54) is 7.11 Å². The van der Waals surface area contributed by atoms with Crippen LogP contribution in [0.25, 0.3) is 6.08 Å². The number of benzene rings is 1. The molecule has 3 heterocycles. The zero-order valence-electron chi connectivity index (χ0n) is 20.3. The van der Waals surface area contributed by atoms with Gasteiger partial charge in [0.1, 0.15) is 18.3 Å². The molecule has 2 aromatic heterocycles. The molecule has 3 aromatic rings. The molecule has 0 amide bonds. The van der Waals surface area contributed by atoms with Gasteiger partial charge in [-0.1, -0.05) is 30.3 Å². The van der Waals surface area contributed by atoms with Crippen LogP contribution < -0.4 is 5.32 Å². The number of hydrogen-bond acceptors (Lipinski definition) is 8. The van der Waals surface area contributed by atoms with Gasteiger partial charge in [-0.2, -0.15) is 0 Å². The molecule has 0 bridgehead atoms. The topological polar surface area (TPSA) is 119 Å². The molecule has 9 nitrogen and oxygen atoms in total. The highest BCUT2D eigenvalue weighted by Gasteiger charge is 2.39. The molecule has 4 rings (SSSR count). The molecule has 9 heteroatoms. The summed E-state index contributed by atoms with van der Waals surface area (Å²) in [5.74, 6) is -0.713. The molecule has 0 radical (unpaired) electrons. The van der Waals surface area contributed by atoms with Crippen molar-refractivity contribution in [2.24, 2.45) is 0 Å². The van der Waals surface area contributed by atoms with E-state index in [0.717, 1.165) is 23.4 Å². The predicted molar refractivity (Wildman–Crippen MR) is 133 cm³/mol. The standard InChI is InChI=1S/C27H27N5O4/c1-17-22(26(33)35-3)24(25-30-11-5-12-31-25)23(18(2)32-17)27(34)36-15-4-6-19-7-9-20(10-8-19)16-21-28-13-14-29-21/h4-14,24,32H,15-16H2,1-3H3,(H,28,29). The number of allylic oxidation sites excluding steroid dienone is 2. The monoisotopic (exact) mass is 485 g/mol. The Kier molecular flexibility index (Phi) is 7.69. The number of nitrogens with one attached hydrogen (secondary N) is 2. The summed E-state index contributed by atoms with van der Waals surface area (Å²) in [6.45, 7) is 3.56. The van der Waals surface area contributed by atoms with Crippen LogP contribution in [0, 0.1) is 0 Å². The lowest BCUT2D eigenvalue weighted by Gasteiger charge is -2.28. The van der Waals surface area contributed by atoms with E-state index in [2.05, 4.69) is 25.3 Å². The van der Waals surface area contributed by atoms with Crippen LogP contribution in [0.15, 0.2) is 83.7 Å². The van der Waals surface area contributed by atoms with E-state index in [-0.39, 0.29) is 17.8 Å². The molecular formula is C27H27N5O4. The minimum absolute atomic E-state index is 0.0579. The van der Waals surface area contributed by atoms with Gasteiger partial charge in [-0.25, -0.2) is 24.5 Å². The van der Waals surface area contributed by atoms with E-state index < -0.39 is 17.9 Å². The SMILES string of the molecule is COC(=O)C1=C(C)NC(C)=C(C(=O)OCC=Cc2ccc(Cc3ncc[nH]3)cc2)C1c1ncccn1. The lowest BCUT2D eigenvalue weighted by Crippen LogP contribution is -2.33. The fraction of sp³-hybridized carbons (Fsp3) is 0.222. The van der Waals surface area contributed by atoms with Crippen molar-refractivity contribution < 1.29 is 19.1 Å². The highest BCUT2D eigenvalue weighted by molar-refractivity contribution is 5.99. The molecule has 1 atom stereocenters. The first-order chi connectivity index (χ1) is 17.5. The smallest absolute Gasteiger partial charge is 0.337 e. The summed E-state index contributed by atoms with van der Waals surface area (Å²) in [5, 5.41) is 3.09. The number of ether oxygens (including phenoxy) is 2. The number of H-pyrrole nitrogens is 1. The van der Waals surface area contributed by atoms with Gasteiger partial charge in [0.2, 0.25) is 0 Å². The number of rotatable bonds is 8. The van der Waals surface area contributed by atoms with Crippen molar-refractivity contribution in [1.82, 2.24) is 25.3 Å². The van der Waals surface area contributed by atoms with Crippen molar-refractivity contribution in [1.29, 1.82) is 0 Å². The zero-order chi connectivity index (χ0) is 25.5.